The maximum Gasteiger partial charge on any atom is 0.246 e. The van der Waals surface area contributed by atoms with E-state index >= 15 is 0 Å². The van der Waals surface area contributed by atoms with E-state index in [9.17, 15) is 9.59 Å². The number of nitrogens with zero attached hydrogens (tertiary/aromatic N) is 1. The fourth-order valence-corrected chi connectivity index (χ4v) is 3.79. The van der Waals surface area contributed by atoms with Gasteiger partial charge in [0.1, 0.15) is 6.04 Å². The number of hydrogen-bond acceptors (Lipinski definition) is 2. The molecule has 1 N–H and O–H groups in total. The first kappa shape index (κ1) is 18.0. The summed E-state index contributed by atoms with van der Waals surface area (Å²) < 4.78 is 0. The van der Waals surface area contributed by atoms with Crippen LogP contribution in [0.1, 0.15) is 22.6 Å². The number of carbonyl (C=O) groups excluding carboxylic acids is 2. The predicted octanol–water partition coefficient (Wildman–Crippen LogP) is 3.35. The summed E-state index contributed by atoms with van der Waals surface area (Å²) in [6.45, 7) is 0.514. The molecule has 4 rings (SSSR count). The SMILES string of the molecule is O=C1CN(Cc2ccccc2)C(=O)C(C(c2ccccc2)c2ccccc2)N1. The van der Waals surface area contributed by atoms with Crippen LogP contribution < -0.4 is 5.32 Å². The zero-order valence-electron chi connectivity index (χ0n) is 15.5. The average molecular weight is 370 g/mol. The summed E-state index contributed by atoms with van der Waals surface area (Å²) in [4.78, 5) is 27.5. The Balaban J connectivity index is 1.69. The number of benzene rings is 3. The van der Waals surface area contributed by atoms with E-state index < -0.39 is 6.04 Å². The maximum absolute atomic E-state index is 13.4. The van der Waals surface area contributed by atoms with Crippen molar-refractivity contribution in [1.29, 1.82) is 0 Å². The van der Waals surface area contributed by atoms with Gasteiger partial charge in [-0.1, -0.05) is 91.0 Å². The van der Waals surface area contributed by atoms with Crippen LogP contribution in [0.25, 0.3) is 0 Å². The lowest BCUT2D eigenvalue weighted by Crippen LogP contribution is -2.59. The molecular formula is C24H22N2O2. The molecule has 0 aliphatic carbocycles. The highest BCUT2D eigenvalue weighted by Crippen LogP contribution is 2.30. The van der Waals surface area contributed by atoms with Gasteiger partial charge in [0.25, 0.3) is 0 Å². The summed E-state index contributed by atoms with van der Waals surface area (Å²) in [5.41, 5.74) is 3.03. The van der Waals surface area contributed by atoms with Crippen LogP contribution in [0.3, 0.4) is 0 Å². The van der Waals surface area contributed by atoms with Crippen LogP contribution >= 0.6 is 0 Å². The van der Waals surface area contributed by atoms with Crippen LogP contribution in [0.2, 0.25) is 0 Å². The Morgan fingerprint density at radius 3 is 1.82 bits per heavy atom. The summed E-state index contributed by atoms with van der Waals surface area (Å²) in [5, 5.41) is 2.95. The second-order valence-electron chi connectivity index (χ2n) is 7.02. The number of piperazine rings is 1. The van der Waals surface area contributed by atoms with Gasteiger partial charge in [0.15, 0.2) is 0 Å². The van der Waals surface area contributed by atoms with Gasteiger partial charge in [-0.25, -0.2) is 0 Å². The highest BCUT2D eigenvalue weighted by atomic mass is 16.2. The normalized spacial score (nSPS) is 16.9. The molecule has 1 atom stereocenters. The second-order valence-corrected chi connectivity index (χ2v) is 7.02. The Bertz CT molecular complexity index is 903. The van der Waals surface area contributed by atoms with E-state index in [2.05, 4.69) is 5.32 Å². The molecule has 140 valence electrons. The Labute approximate surface area is 164 Å². The van der Waals surface area contributed by atoms with Crippen LogP contribution in [0.5, 0.6) is 0 Å². The molecule has 28 heavy (non-hydrogen) atoms. The Kier molecular flexibility index (Phi) is 5.20. The van der Waals surface area contributed by atoms with Crippen LogP contribution in [0.15, 0.2) is 91.0 Å². The lowest BCUT2D eigenvalue weighted by molar-refractivity contribution is -0.145. The average Bonchev–Trinajstić information content (AvgIpc) is 2.74. The Morgan fingerprint density at radius 2 is 1.29 bits per heavy atom. The van der Waals surface area contributed by atoms with Gasteiger partial charge in [0.2, 0.25) is 11.8 Å². The highest BCUT2D eigenvalue weighted by Gasteiger charge is 2.39. The number of nitrogens with one attached hydrogen (secondary N) is 1. The van der Waals surface area contributed by atoms with Gasteiger partial charge >= 0.3 is 0 Å². The largest absolute Gasteiger partial charge is 0.342 e. The van der Waals surface area contributed by atoms with Crippen molar-refractivity contribution in [2.45, 2.75) is 18.5 Å². The molecular weight excluding hydrogens is 348 g/mol. The van der Waals surface area contributed by atoms with Gasteiger partial charge in [-0.15, -0.1) is 0 Å². The third-order valence-corrected chi connectivity index (χ3v) is 5.10. The summed E-state index contributed by atoms with van der Waals surface area (Å²) >= 11 is 0. The smallest absolute Gasteiger partial charge is 0.246 e. The summed E-state index contributed by atoms with van der Waals surface area (Å²) in [5.74, 6) is -0.420. The van der Waals surface area contributed by atoms with Gasteiger partial charge in [0, 0.05) is 12.5 Å². The van der Waals surface area contributed by atoms with Crippen molar-refractivity contribution in [1.82, 2.24) is 10.2 Å². The van der Waals surface area contributed by atoms with Gasteiger partial charge < -0.3 is 10.2 Å². The van der Waals surface area contributed by atoms with E-state index in [1.54, 1.807) is 4.90 Å². The van der Waals surface area contributed by atoms with Crippen LogP contribution in [0.4, 0.5) is 0 Å². The zero-order valence-corrected chi connectivity index (χ0v) is 15.5. The molecule has 0 radical (unpaired) electrons. The molecule has 1 fully saturated rings. The molecule has 4 heteroatoms. The summed E-state index contributed by atoms with van der Waals surface area (Å²) in [6, 6.07) is 28.9. The van der Waals surface area contributed by atoms with Crippen molar-refractivity contribution in [3.8, 4) is 0 Å². The van der Waals surface area contributed by atoms with E-state index in [1.807, 2.05) is 91.0 Å². The van der Waals surface area contributed by atoms with Crippen molar-refractivity contribution in [3.63, 3.8) is 0 Å². The van der Waals surface area contributed by atoms with Gasteiger partial charge in [0.05, 0.1) is 6.54 Å². The fourth-order valence-electron chi connectivity index (χ4n) is 3.79. The molecule has 0 spiro atoms. The van der Waals surface area contributed by atoms with E-state index in [0.29, 0.717) is 6.54 Å². The zero-order chi connectivity index (χ0) is 19.3. The van der Waals surface area contributed by atoms with E-state index in [1.165, 1.54) is 0 Å². The van der Waals surface area contributed by atoms with E-state index in [-0.39, 0.29) is 24.3 Å². The van der Waals surface area contributed by atoms with Gasteiger partial charge in [-0.2, -0.15) is 0 Å². The van der Waals surface area contributed by atoms with Crippen molar-refractivity contribution in [2.75, 3.05) is 6.54 Å². The number of hydrogen-bond donors (Lipinski definition) is 1. The molecule has 0 bridgehead atoms. The molecule has 0 saturated carbocycles. The lowest BCUT2D eigenvalue weighted by atomic mass is 9.83. The van der Waals surface area contributed by atoms with Crippen molar-refractivity contribution >= 4 is 11.8 Å². The van der Waals surface area contributed by atoms with Crippen LogP contribution in [-0.2, 0) is 16.1 Å². The third kappa shape index (κ3) is 3.81. The lowest BCUT2D eigenvalue weighted by Gasteiger charge is -2.37. The summed E-state index contributed by atoms with van der Waals surface area (Å²) in [7, 11) is 0. The molecule has 1 unspecified atom stereocenters. The summed E-state index contributed by atoms with van der Waals surface area (Å²) in [6.07, 6.45) is 0. The number of amides is 2. The highest BCUT2D eigenvalue weighted by molar-refractivity contribution is 5.95. The fraction of sp³-hybridized carbons (Fsp3) is 0.167. The van der Waals surface area contributed by atoms with Crippen molar-refractivity contribution in [3.05, 3.63) is 108 Å². The minimum absolute atomic E-state index is 0.0545. The maximum atomic E-state index is 13.4. The number of carbonyl (C=O) groups is 2. The standard InChI is InChI=1S/C24H22N2O2/c27-21-17-26(16-18-10-4-1-5-11-18)24(28)23(25-21)22(19-12-6-2-7-13-19)20-14-8-3-9-15-20/h1-15,22-23H,16-17H2,(H,25,27). The topological polar surface area (TPSA) is 49.4 Å². The van der Waals surface area contributed by atoms with Gasteiger partial charge in [-0.3, -0.25) is 9.59 Å². The van der Waals surface area contributed by atoms with E-state index in [4.69, 9.17) is 0 Å². The molecule has 1 aliphatic heterocycles. The molecule has 2 amide bonds. The predicted molar refractivity (Wildman–Crippen MR) is 109 cm³/mol. The minimum atomic E-state index is -0.630. The van der Waals surface area contributed by atoms with Crippen molar-refractivity contribution < 1.29 is 9.59 Å². The molecule has 4 nitrogen and oxygen atoms in total. The molecule has 1 saturated heterocycles. The number of rotatable bonds is 5. The van der Waals surface area contributed by atoms with Gasteiger partial charge in [-0.05, 0) is 16.7 Å². The second kappa shape index (κ2) is 8.09. The quantitative estimate of drug-likeness (QED) is 0.749. The Hall–Kier alpha value is -3.40. The molecule has 3 aromatic rings. The van der Waals surface area contributed by atoms with Crippen LogP contribution in [-0.4, -0.2) is 29.3 Å². The first-order valence-corrected chi connectivity index (χ1v) is 9.44. The first-order chi connectivity index (χ1) is 13.7. The molecule has 1 aliphatic rings. The Morgan fingerprint density at radius 1 is 0.786 bits per heavy atom. The van der Waals surface area contributed by atoms with Crippen LogP contribution in [0, 0.1) is 0 Å². The first-order valence-electron chi connectivity index (χ1n) is 9.44. The van der Waals surface area contributed by atoms with E-state index in [0.717, 1.165) is 16.7 Å². The third-order valence-electron chi connectivity index (χ3n) is 5.10. The monoisotopic (exact) mass is 370 g/mol. The minimum Gasteiger partial charge on any atom is -0.342 e. The van der Waals surface area contributed by atoms with Crippen molar-refractivity contribution in [2.24, 2.45) is 0 Å². The molecule has 3 aromatic carbocycles. The molecule has 1 heterocycles. The molecule has 0 aromatic heterocycles.